The van der Waals surface area contributed by atoms with Crippen molar-refractivity contribution in [2.24, 2.45) is 5.92 Å². The van der Waals surface area contributed by atoms with Crippen LogP contribution in [0.4, 0.5) is 0 Å². The minimum Gasteiger partial charge on any atom is -0.212 e. The van der Waals surface area contributed by atoms with Crippen LogP contribution in [0, 0.1) is 5.92 Å². The van der Waals surface area contributed by atoms with Gasteiger partial charge in [-0.25, -0.2) is 12.7 Å². The van der Waals surface area contributed by atoms with Crippen LogP contribution in [-0.4, -0.2) is 31.6 Å². The molecule has 0 aromatic rings. The standard InChI is InChI=1S/C13H25NO2S/c15-17(16,14-10-6-3-7-11-14)12-13-8-4-1-2-5-9-13/h13H,1-12H2. The zero-order valence-electron chi connectivity index (χ0n) is 10.7. The number of hydrogen-bond donors (Lipinski definition) is 0. The van der Waals surface area contributed by atoms with Gasteiger partial charge < -0.3 is 0 Å². The summed E-state index contributed by atoms with van der Waals surface area (Å²) in [6, 6.07) is 0. The molecular weight excluding hydrogens is 234 g/mol. The minimum atomic E-state index is -2.97. The maximum Gasteiger partial charge on any atom is 0.214 e. The molecule has 1 saturated heterocycles. The Kier molecular flexibility index (Phi) is 4.86. The lowest BCUT2D eigenvalue weighted by Crippen LogP contribution is -2.38. The predicted molar refractivity (Wildman–Crippen MR) is 70.4 cm³/mol. The van der Waals surface area contributed by atoms with Crippen LogP contribution in [0.3, 0.4) is 0 Å². The van der Waals surface area contributed by atoms with Gasteiger partial charge in [0.1, 0.15) is 0 Å². The molecule has 1 aliphatic heterocycles. The van der Waals surface area contributed by atoms with Gasteiger partial charge in [0.2, 0.25) is 10.0 Å². The molecule has 2 fully saturated rings. The molecule has 4 heteroatoms. The Hall–Kier alpha value is -0.0900. The normalized spacial score (nSPS) is 25.6. The van der Waals surface area contributed by atoms with E-state index in [-0.39, 0.29) is 0 Å². The van der Waals surface area contributed by atoms with E-state index in [2.05, 4.69) is 0 Å². The molecular formula is C13H25NO2S. The van der Waals surface area contributed by atoms with E-state index in [0.29, 0.717) is 11.7 Å². The molecule has 0 radical (unpaired) electrons. The van der Waals surface area contributed by atoms with Crippen molar-refractivity contribution >= 4 is 10.0 Å². The Labute approximate surface area is 106 Å². The van der Waals surface area contributed by atoms with Gasteiger partial charge in [0.05, 0.1) is 5.75 Å². The van der Waals surface area contributed by atoms with Crippen molar-refractivity contribution in [1.29, 1.82) is 0 Å². The molecule has 0 atom stereocenters. The Morgan fingerprint density at radius 3 is 1.94 bits per heavy atom. The smallest absolute Gasteiger partial charge is 0.212 e. The average molecular weight is 259 g/mol. The molecule has 0 unspecified atom stereocenters. The lowest BCUT2D eigenvalue weighted by atomic mass is 10.0. The van der Waals surface area contributed by atoms with E-state index < -0.39 is 10.0 Å². The van der Waals surface area contributed by atoms with Crippen molar-refractivity contribution in [3.05, 3.63) is 0 Å². The van der Waals surface area contributed by atoms with Crippen LogP contribution < -0.4 is 0 Å². The molecule has 1 aliphatic carbocycles. The first-order valence-corrected chi connectivity index (χ1v) is 8.77. The van der Waals surface area contributed by atoms with Crippen molar-refractivity contribution in [1.82, 2.24) is 4.31 Å². The predicted octanol–water partition coefficient (Wildman–Crippen LogP) is 2.77. The van der Waals surface area contributed by atoms with Gasteiger partial charge >= 0.3 is 0 Å². The minimum absolute atomic E-state index is 0.410. The summed E-state index contributed by atoms with van der Waals surface area (Å²) in [5.74, 6) is 0.830. The second-order valence-electron chi connectivity index (χ2n) is 5.60. The van der Waals surface area contributed by atoms with Gasteiger partial charge in [0, 0.05) is 13.1 Å². The van der Waals surface area contributed by atoms with Gasteiger partial charge in [-0.1, -0.05) is 32.1 Å². The van der Waals surface area contributed by atoms with Crippen LogP contribution in [0.15, 0.2) is 0 Å². The van der Waals surface area contributed by atoms with Crippen LogP contribution in [0.5, 0.6) is 0 Å². The molecule has 1 heterocycles. The number of sulfonamides is 1. The molecule has 100 valence electrons. The highest BCUT2D eigenvalue weighted by Crippen LogP contribution is 2.25. The Morgan fingerprint density at radius 1 is 0.824 bits per heavy atom. The van der Waals surface area contributed by atoms with Crippen molar-refractivity contribution in [2.45, 2.75) is 57.8 Å². The summed E-state index contributed by atoms with van der Waals surface area (Å²) in [6.07, 6.45) is 10.5. The molecule has 17 heavy (non-hydrogen) atoms. The van der Waals surface area contributed by atoms with Crippen molar-refractivity contribution in [3.63, 3.8) is 0 Å². The second kappa shape index (κ2) is 6.19. The molecule has 0 N–H and O–H groups in total. The summed E-state index contributed by atoms with van der Waals surface area (Å²) in [7, 11) is -2.97. The van der Waals surface area contributed by atoms with Crippen molar-refractivity contribution in [3.8, 4) is 0 Å². The van der Waals surface area contributed by atoms with Crippen LogP contribution in [-0.2, 0) is 10.0 Å². The highest BCUT2D eigenvalue weighted by molar-refractivity contribution is 7.89. The van der Waals surface area contributed by atoms with Crippen LogP contribution >= 0.6 is 0 Å². The second-order valence-corrected chi connectivity index (χ2v) is 7.61. The number of rotatable bonds is 3. The van der Waals surface area contributed by atoms with Crippen LogP contribution in [0.1, 0.15) is 57.8 Å². The van der Waals surface area contributed by atoms with E-state index in [4.69, 9.17) is 0 Å². The summed E-state index contributed by atoms with van der Waals surface area (Å²) in [5, 5.41) is 0. The number of hydrogen-bond acceptors (Lipinski definition) is 2. The zero-order valence-corrected chi connectivity index (χ0v) is 11.6. The maximum absolute atomic E-state index is 12.3. The lowest BCUT2D eigenvalue weighted by Gasteiger charge is -2.27. The van der Waals surface area contributed by atoms with Gasteiger partial charge in [-0.3, -0.25) is 0 Å². The van der Waals surface area contributed by atoms with Crippen molar-refractivity contribution in [2.75, 3.05) is 18.8 Å². The summed E-state index contributed by atoms with van der Waals surface area (Å²) in [4.78, 5) is 0. The maximum atomic E-state index is 12.3. The first-order valence-electron chi connectivity index (χ1n) is 7.16. The fourth-order valence-corrected chi connectivity index (χ4v) is 5.03. The fourth-order valence-electron chi connectivity index (χ4n) is 3.08. The molecule has 0 bridgehead atoms. The van der Waals surface area contributed by atoms with Gasteiger partial charge in [-0.15, -0.1) is 0 Å². The van der Waals surface area contributed by atoms with Gasteiger partial charge in [0.15, 0.2) is 0 Å². The average Bonchev–Trinajstić information content (AvgIpc) is 2.58. The first kappa shape index (κ1) is 13.3. The monoisotopic (exact) mass is 259 g/mol. The van der Waals surface area contributed by atoms with E-state index >= 15 is 0 Å². The Balaban J connectivity index is 1.90. The van der Waals surface area contributed by atoms with Gasteiger partial charge in [-0.05, 0) is 31.6 Å². The quantitative estimate of drug-likeness (QED) is 0.731. The highest BCUT2D eigenvalue weighted by Gasteiger charge is 2.27. The van der Waals surface area contributed by atoms with Gasteiger partial charge in [0.25, 0.3) is 0 Å². The van der Waals surface area contributed by atoms with Gasteiger partial charge in [-0.2, -0.15) is 0 Å². The molecule has 1 saturated carbocycles. The number of piperidine rings is 1. The van der Waals surface area contributed by atoms with E-state index in [1.54, 1.807) is 4.31 Å². The van der Waals surface area contributed by atoms with Crippen LogP contribution in [0.25, 0.3) is 0 Å². The topological polar surface area (TPSA) is 37.4 Å². The first-order chi connectivity index (χ1) is 8.18. The summed E-state index contributed by atoms with van der Waals surface area (Å²) in [5.41, 5.74) is 0. The molecule has 0 amide bonds. The third-order valence-electron chi connectivity index (χ3n) is 4.13. The van der Waals surface area contributed by atoms with E-state index in [0.717, 1.165) is 38.8 Å². The SMILES string of the molecule is O=S(=O)(CC1CCCCCC1)N1CCCCC1. The Bertz CT molecular complexity index is 312. The molecule has 2 aliphatic rings. The molecule has 3 nitrogen and oxygen atoms in total. The van der Waals surface area contributed by atoms with E-state index in [1.807, 2.05) is 0 Å². The summed E-state index contributed by atoms with van der Waals surface area (Å²) >= 11 is 0. The molecule has 0 aromatic heterocycles. The van der Waals surface area contributed by atoms with Crippen molar-refractivity contribution < 1.29 is 8.42 Å². The fraction of sp³-hybridized carbons (Fsp3) is 1.00. The third kappa shape index (κ3) is 3.95. The number of nitrogens with zero attached hydrogens (tertiary/aromatic N) is 1. The highest BCUT2D eigenvalue weighted by atomic mass is 32.2. The Morgan fingerprint density at radius 2 is 1.35 bits per heavy atom. The molecule has 0 aromatic carbocycles. The third-order valence-corrected chi connectivity index (χ3v) is 6.17. The van der Waals surface area contributed by atoms with Crippen LogP contribution in [0.2, 0.25) is 0 Å². The summed E-state index contributed by atoms with van der Waals surface area (Å²) in [6.45, 7) is 1.52. The molecule has 0 spiro atoms. The van der Waals surface area contributed by atoms with E-state index in [1.165, 1.54) is 32.1 Å². The zero-order chi connectivity index (χ0) is 12.1. The summed E-state index contributed by atoms with van der Waals surface area (Å²) < 4.78 is 26.3. The largest absolute Gasteiger partial charge is 0.214 e. The lowest BCUT2D eigenvalue weighted by molar-refractivity contribution is 0.341. The van der Waals surface area contributed by atoms with E-state index in [9.17, 15) is 8.42 Å². The molecule has 2 rings (SSSR count).